The Kier molecular flexibility index (Phi) is 2.85. The summed E-state index contributed by atoms with van der Waals surface area (Å²) in [7, 11) is 0. The summed E-state index contributed by atoms with van der Waals surface area (Å²) in [4.78, 5) is 3.15. The molecule has 2 heterocycles. The number of aromatic nitrogens is 1. The molecule has 3 heteroatoms. The number of halogens is 1. The minimum Gasteiger partial charge on any atom is -0.361 e. The number of aromatic amines is 1. The maximum Gasteiger partial charge on any atom is 0.125 e. The van der Waals surface area contributed by atoms with Crippen LogP contribution in [0.5, 0.6) is 0 Å². The Morgan fingerprint density at radius 1 is 1.29 bits per heavy atom. The molecule has 0 saturated carbocycles. The molecule has 1 atom stereocenters. The number of benzene rings is 1. The fraction of sp³-hybridized carbons (Fsp3) is 0.429. The van der Waals surface area contributed by atoms with Crippen LogP contribution in [0.2, 0.25) is 0 Å². The summed E-state index contributed by atoms with van der Waals surface area (Å²) in [5.41, 5.74) is 2.19. The summed E-state index contributed by atoms with van der Waals surface area (Å²) < 4.78 is 13.1. The van der Waals surface area contributed by atoms with Gasteiger partial charge in [0.05, 0.1) is 0 Å². The van der Waals surface area contributed by atoms with E-state index in [4.69, 9.17) is 0 Å². The van der Waals surface area contributed by atoms with E-state index in [0.717, 1.165) is 23.9 Å². The molecule has 2 N–H and O–H groups in total. The first kappa shape index (κ1) is 10.8. The summed E-state index contributed by atoms with van der Waals surface area (Å²) in [6.07, 6.45) is 6.89. The van der Waals surface area contributed by atoms with Crippen LogP contribution in [-0.2, 0) is 6.42 Å². The summed E-state index contributed by atoms with van der Waals surface area (Å²) >= 11 is 0. The van der Waals surface area contributed by atoms with E-state index in [2.05, 4.69) is 10.3 Å². The summed E-state index contributed by atoms with van der Waals surface area (Å²) in [5, 5.41) is 4.70. The number of piperidine rings is 1. The van der Waals surface area contributed by atoms with Gasteiger partial charge in [0.1, 0.15) is 5.82 Å². The van der Waals surface area contributed by atoms with E-state index in [1.165, 1.54) is 30.9 Å². The molecular weight excluding hydrogens is 215 g/mol. The normalized spacial score (nSPS) is 20.9. The molecule has 0 aliphatic carbocycles. The minimum absolute atomic E-state index is 0.179. The summed E-state index contributed by atoms with van der Waals surface area (Å²) in [5.74, 6) is -0.179. The fourth-order valence-electron chi connectivity index (χ4n) is 2.69. The average molecular weight is 232 g/mol. The van der Waals surface area contributed by atoms with E-state index in [-0.39, 0.29) is 5.82 Å². The Hall–Kier alpha value is -1.35. The van der Waals surface area contributed by atoms with Crippen LogP contribution in [0.3, 0.4) is 0 Å². The van der Waals surface area contributed by atoms with Gasteiger partial charge in [-0.2, -0.15) is 0 Å². The first-order valence-electron chi connectivity index (χ1n) is 6.32. The van der Waals surface area contributed by atoms with Crippen LogP contribution in [0.1, 0.15) is 24.8 Å². The van der Waals surface area contributed by atoms with E-state index in [0.29, 0.717) is 6.04 Å². The highest BCUT2D eigenvalue weighted by molar-refractivity contribution is 5.83. The highest BCUT2D eigenvalue weighted by Gasteiger charge is 2.15. The Labute approximate surface area is 100 Å². The number of rotatable bonds is 2. The highest BCUT2D eigenvalue weighted by Crippen LogP contribution is 2.22. The van der Waals surface area contributed by atoms with Crippen molar-refractivity contribution in [3.63, 3.8) is 0 Å². The summed E-state index contributed by atoms with van der Waals surface area (Å²) in [6.45, 7) is 1.13. The Morgan fingerprint density at radius 3 is 3.06 bits per heavy atom. The van der Waals surface area contributed by atoms with Gasteiger partial charge in [0.25, 0.3) is 0 Å². The van der Waals surface area contributed by atoms with Crippen LogP contribution in [-0.4, -0.2) is 17.6 Å². The van der Waals surface area contributed by atoms with Gasteiger partial charge in [-0.3, -0.25) is 0 Å². The molecule has 1 aromatic heterocycles. The zero-order valence-corrected chi connectivity index (χ0v) is 9.80. The van der Waals surface area contributed by atoms with Crippen molar-refractivity contribution in [2.24, 2.45) is 0 Å². The average Bonchev–Trinajstić information content (AvgIpc) is 2.73. The molecule has 1 aliphatic heterocycles. The predicted molar refractivity (Wildman–Crippen MR) is 67.6 cm³/mol. The maximum absolute atomic E-state index is 13.1. The van der Waals surface area contributed by atoms with E-state index in [9.17, 15) is 4.39 Å². The van der Waals surface area contributed by atoms with Crippen molar-refractivity contribution in [2.75, 3.05) is 6.54 Å². The van der Waals surface area contributed by atoms with Gasteiger partial charge in [0, 0.05) is 23.1 Å². The van der Waals surface area contributed by atoms with E-state index >= 15 is 0 Å². The SMILES string of the molecule is Fc1ccc2c(CC3CCCCN3)c[nH]c2c1. The number of hydrogen-bond donors (Lipinski definition) is 2. The standard InChI is InChI=1S/C14H17FN2/c15-11-4-5-13-10(9-17-14(13)8-11)7-12-3-1-2-6-16-12/h4-5,8-9,12,16-17H,1-3,6-7H2. The van der Waals surface area contributed by atoms with Gasteiger partial charge in [-0.1, -0.05) is 6.42 Å². The Bertz CT molecular complexity index is 512. The van der Waals surface area contributed by atoms with Crippen LogP contribution < -0.4 is 5.32 Å². The fourth-order valence-corrected chi connectivity index (χ4v) is 2.69. The van der Waals surface area contributed by atoms with Crippen molar-refractivity contribution < 1.29 is 4.39 Å². The molecule has 1 unspecified atom stereocenters. The Morgan fingerprint density at radius 2 is 2.24 bits per heavy atom. The lowest BCUT2D eigenvalue weighted by atomic mass is 9.97. The highest BCUT2D eigenvalue weighted by atomic mass is 19.1. The van der Waals surface area contributed by atoms with Crippen LogP contribution in [0, 0.1) is 5.82 Å². The number of nitrogens with one attached hydrogen (secondary N) is 2. The lowest BCUT2D eigenvalue weighted by molar-refractivity contribution is 0.400. The van der Waals surface area contributed by atoms with Gasteiger partial charge >= 0.3 is 0 Å². The monoisotopic (exact) mass is 232 g/mol. The third-order valence-corrected chi connectivity index (χ3v) is 3.61. The molecule has 0 bridgehead atoms. The van der Waals surface area contributed by atoms with Gasteiger partial charge < -0.3 is 10.3 Å². The number of fused-ring (bicyclic) bond motifs is 1. The van der Waals surface area contributed by atoms with Crippen molar-refractivity contribution in [1.82, 2.24) is 10.3 Å². The van der Waals surface area contributed by atoms with Gasteiger partial charge in [0.2, 0.25) is 0 Å². The van der Waals surface area contributed by atoms with Crippen LogP contribution in [0.25, 0.3) is 10.9 Å². The van der Waals surface area contributed by atoms with Gasteiger partial charge in [-0.15, -0.1) is 0 Å². The second kappa shape index (κ2) is 4.49. The third kappa shape index (κ3) is 2.20. The zero-order valence-electron chi connectivity index (χ0n) is 9.80. The molecule has 2 aromatic rings. The molecule has 17 heavy (non-hydrogen) atoms. The Balaban J connectivity index is 1.84. The van der Waals surface area contributed by atoms with Crippen LogP contribution in [0.15, 0.2) is 24.4 Å². The smallest absolute Gasteiger partial charge is 0.125 e. The van der Waals surface area contributed by atoms with Crippen molar-refractivity contribution in [2.45, 2.75) is 31.7 Å². The van der Waals surface area contributed by atoms with E-state index in [1.54, 1.807) is 6.07 Å². The number of H-pyrrole nitrogens is 1. The molecule has 0 spiro atoms. The van der Waals surface area contributed by atoms with Gasteiger partial charge in [-0.25, -0.2) is 4.39 Å². The molecule has 3 rings (SSSR count). The second-order valence-corrected chi connectivity index (χ2v) is 4.85. The van der Waals surface area contributed by atoms with Crippen LogP contribution in [0.4, 0.5) is 4.39 Å². The topological polar surface area (TPSA) is 27.8 Å². The lowest BCUT2D eigenvalue weighted by Gasteiger charge is -2.23. The zero-order chi connectivity index (χ0) is 11.7. The van der Waals surface area contributed by atoms with Gasteiger partial charge in [0.15, 0.2) is 0 Å². The lowest BCUT2D eigenvalue weighted by Crippen LogP contribution is -2.35. The third-order valence-electron chi connectivity index (χ3n) is 3.61. The second-order valence-electron chi connectivity index (χ2n) is 4.85. The number of hydrogen-bond acceptors (Lipinski definition) is 1. The van der Waals surface area contributed by atoms with Gasteiger partial charge in [-0.05, 0) is 49.6 Å². The van der Waals surface area contributed by atoms with E-state index in [1.807, 2.05) is 12.3 Å². The van der Waals surface area contributed by atoms with Crippen molar-refractivity contribution >= 4 is 10.9 Å². The van der Waals surface area contributed by atoms with Crippen molar-refractivity contribution in [3.05, 3.63) is 35.8 Å². The molecule has 1 saturated heterocycles. The minimum atomic E-state index is -0.179. The molecule has 1 aliphatic rings. The van der Waals surface area contributed by atoms with Crippen molar-refractivity contribution in [3.8, 4) is 0 Å². The molecule has 90 valence electrons. The summed E-state index contributed by atoms with van der Waals surface area (Å²) in [6, 6.07) is 5.55. The molecular formula is C14H17FN2. The molecule has 0 radical (unpaired) electrons. The van der Waals surface area contributed by atoms with E-state index < -0.39 is 0 Å². The van der Waals surface area contributed by atoms with Crippen molar-refractivity contribution in [1.29, 1.82) is 0 Å². The largest absolute Gasteiger partial charge is 0.361 e. The first-order valence-corrected chi connectivity index (χ1v) is 6.32. The molecule has 1 fully saturated rings. The molecule has 0 amide bonds. The molecule has 2 nitrogen and oxygen atoms in total. The first-order chi connectivity index (χ1) is 8.33. The van der Waals surface area contributed by atoms with Crippen LogP contribution >= 0.6 is 0 Å². The predicted octanol–water partition coefficient (Wildman–Crippen LogP) is 2.99. The quantitative estimate of drug-likeness (QED) is 0.818. The molecule has 1 aromatic carbocycles. The maximum atomic E-state index is 13.1.